The van der Waals surface area contributed by atoms with Gasteiger partial charge < -0.3 is 5.32 Å². The van der Waals surface area contributed by atoms with E-state index in [9.17, 15) is 19.7 Å². The number of aromatic nitrogens is 2. The maximum absolute atomic E-state index is 13.2. The first-order valence-corrected chi connectivity index (χ1v) is 12.3. The Morgan fingerprint density at radius 2 is 2.22 bits per heavy atom. The Bertz CT molecular complexity index is 1280. The number of benzene rings is 1. The molecule has 0 fully saturated rings. The Morgan fingerprint density at radius 3 is 2.91 bits per heavy atom. The lowest BCUT2D eigenvalue weighted by Crippen LogP contribution is -2.24. The molecule has 0 aliphatic heterocycles. The summed E-state index contributed by atoms with van der Waals surface area (Å²) in [5.41, 5.74) is 2.25. The van der Waals surface area contributed by atoms with Gasteiger partial charge in [0.25, 0.3) is 11.2 Å². The van der Waals surface area contributed by atoms with Crippen molar-refractivity contribution in [2.24, 2.45) is 5.92 Å². The monoisotopic (exact) mass is 472 g/mol. The van der Waals surface area contributed by atoms with Crippen molar-refractivity contribution in [1.82, 2.24) is 9.55 Å². The number of thioether (sulfide) groups is 1. The molecule has 1 atom stereocenters. The summed E-state index contributed by atoms with van der Waals surface area (Å²) in [5.74, 6) is 0.434. The summed E-state index contributed by atoms with van der Waals surface area (Å²) in [6, 6.07) is 4.31. The van der Waals surface area contributed by atoms with Gasteiger partial charge in [-0.25, -0.2) is 4.98 Å². The molecule has 1 aliphatic rings. The SMILES string of the molecule is CCn1c(SCC(=O)Nc2ccc([N+](=O)[O-])cc2C)nc2sc3c(c2c1=O)CCC(C)C3. The molecule has 4 rings (SSSR count). The van der Waals surface area contributed by atoms with E-state index in [1.807, 2.05) is 6.92 Å². The number of carbonyl (C=O) groups excluding carboxylic acids is 1. The van der Waals surface area contributed by atoms with Crippen LogP contribution in [-0.4, -0.2) is 26.1 Å². The number of hydrogen-bond acceptors (Lipinski definition) is 7. The van der Waals surface area contributed by atoms with Crippen LogP contribution in [0.5, 0.6) is 0 Å². The molecule has 1 amide bonds. The number of amides is 1. The van der Waals surface area contributed by atoms with E-state index in [0.29, 0.717) is 28.9 Å². The van der Waals surface area contributed by atoms with Gasteiger partial charge in [-0.2, -0.15) is 0 Å². The number of fused-ring (bicyclic) bond motifs is 3. The van der Waals surface area contributed by atoms with Crippen molar-refractivity contribution in [2.45, 2.75) is 51.7 Å². The van der Waals surface area contributed by atoms with Crippen LogP contribution < -0.4 is 10.9 Å². The second-order valence-corrected chi connectivity index (χ2v) is 10.1. The van der Waals surface area contributed by atoms with Crippen molar-refractivity contribution in [3.8, 4) is 0 Å². The molecule has 0 bridgehead atoms. The van der Waals surface area contributed by atoms with E-state index < -0.39 is 4.92 Å². The average molecular weight is 473 g/mol. The van der Waals surface area contributed by atoms with Gasteiger partial charge in [-0.05, 0) is 56.2 Å². The van der Waals surface area contributed by atoms with Crippen LogP contribution in [0.25, 0.3) is 10.2 Å². The standard InChI is InChI=1S/C22H24N4O4S2/c1-4-25-21(28)19-15-7-5-12(2)9-17(15)32-20(19)24-22(25)31-11-18(27)23-16-8-6-14(26(29)30)10-13(16)3/h6,8,10,12H,4-5,7,9,11H2,1-3H3,(H,23,27). The van der Waals surface area contributed by atoms with Crippen molar-refractivity contribution >= 4 is 50.6 Å². The lowest BCUT2D eigenvalue weighted by molar-refractivity contribution is -0.384. The lowest BCUT2D eigenvalue weighted by atomic mass is 9.89. The molecule has 0 spiro atoms. The maximum Gasteiger partial charge on any atom is 0.269 e. The van der Waals surface area contributed by atoms with Crippen LogP contribution in [0.3, 0.4) is 0 Å². The highest BCUT2D eigenvalue weighted by Crippen LogP contribution is 2.36. The van der Waals surface area contributed by atoms with E-state index in [1.54, 1.807) is 22.8 Å². The van der Waals surface area contributed by atoms with Crippen LogP contribution in [0, 0.1) is 23.0 Å². The van der Waals surface area contributed by atoms with Gasteiger partial charge in [-0.1, -0.05) is 18.7 Å². The van der Waals surface area contributed by atoms with Gasteiger partial charge in [-0.15, -0.1) is 11.3 Å². The lowest BCUT2D eigenvalue weighted by Gasteiger charge is -2.17. The van der Waals surface area contributed by atoms with Crippen LogP contribution >= 0.6 is 23.1 Å². The first kappa shape index (κ1) is 22.5. The zero-order chi connectivity index (χ0) is 23.0. The van der Waals surface area contributed by atoms with Gasteiger partial charge in [0.05, 0.1) is 16.1 Å². The molecule has 0 saturated heterocycles. The predicted octanol–water partition coefficient (Wildman–Crippen LogP) is 4.55. The minimum absolute atomic E-state index is 0.0209. The van der Waals surface area contributed by atoms with E-state index in [4.69, 9.17) is 4.98 Å². The number of anilines is 1. The third-order valence-corrected chi connectivity index (χ3v) is 7.85. The van der Waals surface area contributed by atoms with Crippen LogP contribution in [0.15, 0.2) is 28.2 Å². The number of non-ortho nitro benzene ring substituents is 1. The van der Waals surface area contributed by atoms with Crippen molar-refractivity contribution in [1.29, 1.82) is 0 Å². The van der Waals surface area contributed by atoms with Gasteiger partial charge >= 0.3 is 0 Å². The van der Waals surface area contributed by atoms with Gasteiger partial charge in [0.15, 0.2) is 5.16 Å². The fourth-order valence-electron chi connectivity index (χ4n) is 4.01. The summed E-state index contributed by atoms with van der Waals surface area (Å²) in [6.45, 7) is 6.32. The van der Waals surface area contributed by atoms with Crippen LogP contribution in [0.2, 0.25) is 0 Å². The molecule has 0 radical (unpaired) electrons. The molecule has 2 heterocycles. The predicted molar refractivity (Wildman–Crippen MR) is 128 cm³/mol. The Kier molecular flexibility index (Phi) is 6.34. The minimum atomic E-state index is -0.469. The van der Waals surface area contributed by atoms with E-state index in [-0.39, 0.29) is 22.9 Å². The summed E-state index contributed by atoms with van der Waals surface area (Å²) >= 11 is 2.83. The molecule has 1 aliphatic carbocycles. The Morgan fingerprint density at radius 1 is 1.44 bits per heavy atom. The normalized spacial score (nSPS) is 15.5. The summed E-state index contributed by atoms with van der Waals surface area (Å²) in [7, 11) is 0. The number of thiophene rings is 1. The number of nitrogens with zero attached hydrogens (tertiary/aromatic N) is 3. The third kappa shape index (κ3) is 4.29. The van der Waals surface area contributed by atoms with E-state index >= 15 is 0 Å². The molecule has 2 aromatic heterocycles. The first-order chi connectivity index (χ1) is 15.3. The largest absolute Gasteiger partial charge is 0.325 e. The number of nitrogens with one attached hydrogen (secondary N) is 1. The Hall–Kier alpha value is -2.72. The van der Waals surface area contributed by atoms with Crippen molar-refractivity contribution in [3.63, 3.8) is 0 Å². The van der Waals surface area contributed by atoms with Gasteiger partial charge in [0.2, 0.25) is 5.91 Å². The highest BCUT2D eigenvalue weighted by atomic mass is 32.2. The number of nitro benzene ring substituents is 1. The molecular formula is C22H24N4O4S2. The molecule has 0 saturated carbocycles. The smallest absolute Gasteiger partial charge is 0.269 e. The van der Waals surface area contributed by atoms with Crippen LogP contribution in [0.4, 0.5) is 11.4 Å². The van der Waals surface area contributed by atoms with Gasteiger partial charge in [0, 0.05) is 29.2 Å². The average Bonchev–Trinajstić information content (AvgIpc) is 3.11. The molecule has 1 N–H and O–H groups in total. The Labute approximate surface area is 193 Å². The van der Waals surface area contributed by atoms with Gasteiger partial charge in [-0.3, -0.25) is 24.3 Å². The molecule has 168 valence electrons. The summed E-state index contributed by atoms with van der Waals surface area (Å²) in [4.78, 5) is 42.9. The number of carbonyl (C=O) groups is 1. The fourth-order valence-corrected chi connectivity index (χ4v) is 6.30. The van der Waals surface area contributed by atoms with Crippen LogP contribution in [-0.2, 0) is 24.2 Å². The zero-order valence-electron chi connectivity index (χ0n) is 18.1. The molecule has 10 heteroatoms. The van der Waals surface area contributed by atoms with Crippen molar-refractivity contribution < 1.29 is 9.72 Å². The van der Waals surface area contributed by atoms with Crippen molar-refractivity contribution in [2.75, 3.05) is 11.1 Å². The molecule has 3 aromatic rings. The zero-order valence-corrected chi connectivity index (χ0v) is 19.8. The molecule has 8 nitrogen and oxygen atoms in total. The number of aryl methyl sites for hydroxylation is 2. The molecular weight excluding hydrogens is 448 g/mol. The number of nitro groups is 1. The maximum atomic E-state index is 13.2. The highest BCUT2D eigenvalue weighted by molar-refractivity contribution is 7.99. The molecule has 1 unspecified atom stereocenters. The number of rotatable bonds is 6. The highest BCUT2D eigenvalue weighted by Gasteiger charge is 2.24. The van der Waals surface area contributed by atoms with Gasteiger partial charge in [0.1, 0.15) is 4.83 Å². The van der Waals surface area contributed by atoms with Crippen LogP contribution in [0.1, 0.15) is 36.3 Å². The fraction of sp³-hybridized carbons (Fsp3) is 0.409. The third-order valence-electron chi connectivity index (χ3n) is 5.72. The summed E-state index contributed by atoms with van der Waals surface area (Å²) in [5, 5.41) is 15.0. The quantitative estimate of drug-likeness (QED) is 0.244. The summed E-state index contributed by atoms with van der Waals surface area (Å²) < 4.78 is 1.64. The second kappa shape index (κ2) is 9.03. The second-order valence-electron chi connectivity index (χ2n) is 8.07. The number of hydrogen-bond donors (Lipinski definition) is 1. The Balaban J connectivity index is 1.55. The van der Waals surface area contributed by atoms with E-state index in [0.717, 1.165) is 35.0 Å². The molecule has 32 heavy (non-hydrogen) atoms. The minimum Gasteiger partial charge on any atom is -0.325 e. The van der Waals surface area contributed by atoms with E-state index in [1.165, 1.54) is 34.8 Å². The van der Waals surface area contributed by atoms with Crippen molar-refractivity contribution in [3.05, 3.63) is 54.7 Å². The summed E-state index contributed by atoms with van der Waals surface area (Å²) in [6.07, 6.45) is 2.99. The van der Waals surface area contributed by atoms with E-state index in [2.05, 4.69) is 12.2 Å². The topological polar surface area (TPSA) is 107 Å². The first-order valence-electron chi connectivity index (χ1n) is 10.5. The molecule has 1 aromatic carbocycles.